The summed E-state index contributed by atoms with van der Waals surface area (Å²) in [6.07, 6.45) is -0.931. The van der Waals surface area contributed by atoms with Crippen LogP contribution in [0, 0.1) is 47.0 Å². The van der Waals surface area contributed by atoms with Crippen LogP contribution in [0.3, 0.4) is 0 Å². The Morgan fingerprint density at radius 3 is 1.90 bits per heavy atom. The predicted molar refractivity (Wildman–Crippen MR) is 243 cm³/mol. The minimum Gasteiger partial charge on any atom is -0.512 e. The van der Waals surface area contributed by atoms with Gasteiger partial charge in [-0.25, -0.2) is 0 Å². The van der Waals surface area contributed by atoms with Crippen molar-refractivity contribution in [2.45, 2.75) is 128 Å². The first-order valence-corrected chi connectivity index (χ1v) is 22.4. The Kier molecular flexibility index (Phi) is 17.0. The van der Waals surface area contributed by atoms with Crippen molar-refractivity contribution in [1.82, 2.24) is 4.98 Å². The molecule has 0 fully saturated rings. The van der Waals surface area contributed by atoms with E-state index in [0.29, 0.717) is 23.7 Å². The van der Waals surface area contributed by atoms with Crippen molar-refractivity contribution < 1.29 is 43.2 Å². The third-order valence-electron chi connectivity index (χ3n) is 11.2. The second-order valence-corrected chi connectivity index (χ2v) is 21.4. The summed E-state index contributed by atoms with van der Waals surface area (Å²) < 4.78 is 41.8. The Bertz CT molecular complexity index is 2200. The van der Waals surface area contributed by atoms with E-state index in [1.807, 2.05) is 24.4 Å². The smallest absolute Gasteiger partial charge is 0.394 e. The van der Waals surface area contributed by atoms with Gasteiger partial charge in [-0.2, -0.15) is 13.2 Å². The van der Waals surface area contributed by atoms with Crippen LogP contribution in [0.1, 0.15) is 126 Å². The Morgan fingerprint density at radius 2 is 1.37 bits per heavy atom. The van der Waals surface area contributed by atoms with Gasteiger partial charge in [-0.3, -0.25) is 9.78 Å². The van der Waals surface area contributed by atoms with E-state index < -0.39 is 11.6 Å². The zero-order valence-electron chi connectivity index (χ0n) is 37.6. The van der Waals surface area contributed by atoms with Crippen molar-refractivity contribution in [2.75, 3.05) is 0 Å². The molecule has 0 aliphatic carbocycles. The maximum atomic E-state index is 13.6. The summed E-state index contributed by atoms with van der Waals surface area (Å²) in [5, 5.41) is 13.7. The summed E-state index contributed by atoms with van der Waals surface area (Å²) >= 11 is 3.16. The summed E-state index contributed by atoms with van der Waals surface area (Å²) in [5.74, 6) is 1.87. The fourth-order valence-electron chi connectivity index (χ4n) is 8.32. The maximum absolute atomic E-state index is 13.6. The molecule has 59 heavy (non-hydrogen) atoms. The van der Waals surface area contributed by atoms with Crippen LogP contribution in [0.15, 0.2) is 66.6 Å². The quantitative estimate of drug-likeness (QED) is 0.0770. The van der Waals surface area contributed by atoms with E-state index in [9.17, 15) is 23.1 Å². The molecule has 325 valence electrons. The molecule has 0 bridgehead atoms. The molecule has 0 unspecified atom stereocenters. The molecule has 0 amide bonds. The van der Waals surface area contributed by atoms with E-state index in [4.69, 9.17) is 4.98 Å². The molecule has 2 aromatic carbocycles. The van der Waals surface area contributed by atoms with Gasteiger partial charge < -0.3 is 5.11 Å². The number of rotatable bonds is 12. The molecule has 5 aromatic rings. The molecule has 1 N–H and O–H groups in total. The van der Waals surface area contributed by atoms with Gasteiger partial charge in [0.1, 0.15) is 0 Å². The number of aliphatic hydroxyl groups excluding tert-OH is 1. The largest absolute Gasteiger partial charge is 0.512 e. The average molecular weight is 1030 g/mol. The Hall–Kier alpha value is -2.84. The number of carbonyl (C=O) groups is 1. The second-order valence-electron chi connectivity index (χ2n) is 19.3. The number of allylic oxidation sites excluding steroid dienone is 2. The molecule has 3 nitrogen and oxygen atoms in total. The summed E-state index contributed by atoms with van der Waals surface area (Å²) in [6, 6.07) is 20.1. The molecule has 3 heterocycles. The van der Waals surface area contributed by atoms with E-state index in [2.05, 4.69) is 126 Å². The van der Waals surface area contributed by atoms with E-state index in [1.54, 1.807) is 11.3 Å². The number of aliphatic hydroxyl groups is 1. The van der Waals surface area contributed by atoms with Crippen molar-refractivity contribution in [3.05, 3.63) is 88.6 Å². The number of alkyl halides is 3. The van der Waals surface area contributed by atoms with Gasteiger partial charge in [-0.1, -0.05) is 133 Å². The van der Waals surface area contributed by atoms with Gasteiger partial charge in [-0.05, 0) is 70.6 Å². The molecular formula is C50H65F3IrNO2S2-. The topological polar surface area (TPSA) is 50.2 Å². The number of halogens is 3. The number of hydrogen-bond donors (Lipinski definition) is 1. The third-order valence-corrected chi connectivity index (χ3v) is 13.7. The number of ketones is 1. The van der Waals surface area contributed by atoms with Gasteiger partial charge in [0.05, 0.1) is 11.2 Å². The molecule has 0 aliphatic rings. The number of hydrogen-bond acceptors (Lipinski definition) is 5. The molecule has 0 atom stereocenters. The minimum absolute atomic E-state index is 0. The number of pyridine rings is 1. The number of thiophene rings is 2. The second kappa shape index (κ2) is 19.9. The third kappa shape index (κ3) is 11.8. The monoisotopic (exact) mass is 1030 g/mol. The first-order chi connectivity index (χ1) is 26.8. The van der Waals surface area contributed by atoms with Gasteiger partial charge in [0.2, 0.25) is 0 Å². The van der Waals surface area contributed by atoms with Crippen molar-refractivity contribution in [3.63, 3.8) is 0 Å². The Balaban J connectivity index is 0.000000396. The molecular weight excluding hydrogens is 960 g/mol. The normalized spacial score (nSPS) is 13.1. The molecule has 5 rings (SSSR count). The first-order valence-electron chi connectivity index (χ1n) is 20.7. The molecule has 0 aliphatic heterocycles. The van der Waals surface area contributed by atoms with Crippen molar-refractivity contribution in [1.29, 1.82) is 0 Å². The van der Waals surface area contributed by atoms with E-state index >= 15 is 0 Å². The van der Waals surface area contributed by atoms with E-state index in [-0.39, 0.29) is 61.2 Å². The number of aromatic nitrogens is 1. The molecule has 1 radical (unpaired) electrons. The summed E-state index contributed by atoms with van der Waals surface area (Å²) in [5.41, 5.74) is 2.51. The zero-order valence-corrected chi connectivity index (χ0v) is 41.6. The maximum Gasteiger partial charge on any atom is 0.394 e. The summed E-state index contributed by atoms with van der Waals surface area (Å²) in [6.45, 7) is 30.2. The predicted octanol–water partition coefficient (Wildman–Crippen LogP) is 16.0. The minimum atomic E-state index is -4.25. The zero-order chi connectivity index (χ0) is 43.7. The number of fused-ring (bicyclic) bond motifs is 2. The average Bonchev–Trinajstić information content (AvgIpc) is 3.70. The van der Waals surface area contributed by atoms with E-state index in [1.165, 1.54) is 47.8 Å². The van der Waals surface area contributed by atoms with Crippen LogP contribution in [0.4, 0.5) is 13.2 Å². The molecule has 0 spiro atoms. The van der Waals surface area contributed by atoms with Crippen LogP contribution in [0.2, 0.25) is 0 Å². The molecule has 3 aromatic heterocycles. The number of benzene rings is 2. The van der Waals surface area contributed by atoms with Crippen LogP contribution in [-0.4, -0.2) is 22.1 Å². The molecule has 0 saturated carbocycles. The standard InChI is InChI=1S/C33H33F3NS2.C17H32O2.Ir/c1-19(2)27-24-14-15-37-28(21-16-20-10-8-9-11-23(20)25(17-21)31(3,4)5)29(24)39-30(27)26-13-12-22(38-26)18-32(6,7)33(34,35)36;1-10(2)16(11(3)4)14(18)9-15(19)17(12(5)6)13(7)8;/h8-15,17,19H,18H2,1-7H3;9-13,16-18H,1-8H3;/q-1;;/b;14-9-;. The summed E-state index contributed by atoms with van der Waals surface area (Å²) in [7, 11) is 0. The van der Waals surface area contributed by atoms with Crippen molar-refractivity contribution in [3.8, 4) is 21.0 Å². The fraction of sp³-hybridized carbons (Fsp3) is 0.520. The van der Waals surface area contributed by atoms with Crippen molar-refractivity contribution in [2.24, 2.45) is 40.9 Å². The SMILES string of the molecule is CC(C)C(C(=O)/C=C(\O)C(C(C)C)C(C)C)C(C)C.CC(C)c1c(-c2ccc(CC(C)(C)C(F)(F)F)s2)sc2c(-c3[c-]c4ccccc4c(C(C)(C)C)c3)nccc12.[Ir]. The van der Waals surface area contributed by atoms with Gasteiger partial charge in [0.15, 0.2) is 5.78 Å². The number of carbonyl (C=O) groups excluding carboxylic acids is 1. The van der Waals surface area contributed by atoms with Crippen LogP contribution < -0.4 is 0 Å². The van der Waals surface area contributed by atoms with Crippen LogP contribution in [0.5, 0.6) is 0 Å². The molecule has 0 saturated heterocycles. The fourth-order valence-corrected chi connectivity index (χ4v) is 11.1. The van der Waals surface area contributed by atoms with Gasteiger partial charge >= 0.3 is 6.18 Å². The van der Waals surface area contributed by atoms with Crippen LogP contribution in [-0.2, 0) is 36.7 Å². The van der Waals surface area contributed by atoms with Gasteiger partial charge in [0.25, 0.3) is 0 Å². The van der Waals surface area contributed by atoms with Gasteiger partial charge in [-0.15, -0.1) is 51.8 Å². The summed E-state index contributed by atoms with van der Waals surface area (Å²) in [4.78, 5) is 20.1. The Morgan fingerprint density at radius 1 is 0.797 bits per heavy atom. The number of nitrogens with zero attached hydrogens (tertiary/aromatic N) is 1. The molecule has 9 heteroatoms. The van der Waals surface area contributed by atoms with Gasteiger partial charge in [0, 0.05) is 69.2 Å². The first kappa shape index (κ1) is 50.5. The van der Waals surface area contributed by atoms with Crippen molar-refractivity contribution >= 4 is 49.3 Å². The van der Waals surface area contributed by atoms with E-state index in [0.717, 1.165) is 41.4 Å². The van der Waals surface area contributed by atoms with Crippen LogP contribution in [0.25, 0.3) is 41.9 Å². The Labute approximate surface area is 373 Å². The van der Waals surface area contributed by atoms with Crippen LogP contribution >= 0.6 is 22.7 Å².